The first-order valence-electron chi connectivity index (χ1n) is 9.76. The Morgan fingerprint density at radius 1 is 1.03 bits per heavy atom. The molecule has 0 spiro atoms. The van der Waals surface area contributed by atoms with Crippen LogP contribution in [0, 0.1) is 0 Å². The Balaban J connectivity index is 1.76. The minimum Gasteiger partial charge on any atom is -0.376 e. The third-order valence-corrected chi connectivity index (χ3v) is 4.98. The highest BCUT2D eigenvalue weighted by molar-refractivity contribution is 6.19. The molecule has 30 heavy (non-hydrogen) atoms. The van der Waals surface area contributed by atoms with Gasteiger partial charge in [0.15, 0.2) is 0 Å². The maximum atomic E-state index is 12.1. The molecule has 1 N–H and O–H groups in total. The van der Waals surface area contributed by atoms with Crippen molar-refractivity contribution in [2.75, 3.05) is 24.0 Å². The minimum absolute atomic E-state index is 0.445. The molecule has 0 saturated heterocycles. The van der Waals surface area contributed by atoms with Crippen molar-refractivity contribution in [3.63, 3.8) is 0 Å². The van der Waals surface area contributed by atoms with E-state index in [0.29, 0.717) is 17.8 Å². The monoisotopic (exact) mass is 397 g/mol. The van der Waals surface area contributed by atoms with E-state index in [1.807, 2.05) is 90.7 Å². The van der Waals surface area contributed by atoms with Crippen LogP contribution in [0.5, 0.6) is 0 Å². The molecular formula is C24H23N5O. The Kier molecular flexibility index (Phi) is 5.70. The fourth-order valence-electron chi connectivity index (χ4n) is 3.52. The van der Waals surface area contributed by atoms with Gasteiger partial charge in [0.2, 0.25) is 0 Å². The van der Waals surface area contributed by atoms with Crippen LogP contribution < -0.4 is 15.2 Å². The minimum atomic E-state index is -0.445. The molecule has 1 aromatic heterocycles. The molecule has 6 nitrogen and oxygen atoms in total. The van der Waals surface area contributed by atoms with Crippen molar-refractivity contribution in [2.24, 2.45) is 5.10 Å². The third-order valence-electron chi connectivity index (χ3n) is 4.98. The highest BCUT2D eigenvalue weighted by Gasteiger charge is 2.36. The Morgan fingerprint density at radius 2 is 1.80 bits per heavy atom. The first kappa shape index (κ1) is 19.6. The SMILES string of the molecule is CN(C)c1ccccc1N1N=C(c2cccnc2)C(=C=O)C1NCc1ccccc1. The lowest BCUT2D eigenvalue weighted by Gasteiger charge is -2.28. The molecule has 0 saturated carbocycles. The van der Waals surface area contributed by atoms with E-state index in [-0.39, 0.29) is 0 Å². The molecule has 0 fully saturated rings. The standard InChI is InChI=1S/C24H23N5O/c1-28(2)21-12-6-7-13-22(21)29-24(26-15-18-9-4-3-5-10-18)20(17-30)23(27-29)19-11-8-14-25-16-19/h3-14,16,24,26H,15H2,1-2H3. The van der Waals surface area contributed by atoms with Crippen molar-refractivity contribution in [1.82, 2.24) is 10.3 Å². The predicted octanol–water partition coefficient (Wildman–Crippen LogP) is 3.25. The van der Waals surface area contributed by atoms with Crippen LogP contribution in [0.4, 0.5) is 11.4 Å². The molecule has 3 aromatic rings. The molecule has 4 rings (SSSR count). The van der Waals surface area contributed by atoms with Gasteiger partial charge in [0.1, 0.15) is 23.4 Å². The van der Waals surface area contributed by atoms with Crippen molar-refractivity contribution in [3.8, 4) is 0 Å². The summed E-state index contributed by atoms with van der Waals surface area (Å²) in [5, 5.41) is 10.2. The Labute approximate surface area is 176 Å². The van der Waals surface area contributed by atoms with Crippen molar-refractivity contribution < 1.29 is 4.79 Å². The van der Waals surface area contributed by atoms with Gasteiger partial charge < -0.3 is 4.90 Å². The maximum absolute atomic E-state index is 12.1. The molecular weight excluding hydrogens is 374 g/mol. The van der Waals surface area contributed by atoms with E-state index in [9.17, 15) is 4.79 Å². The van der Waals surface area contributed by atoms with Gasteiger partial charge in [-0.15, -0.1) is 0 Å². The van der Waals surface area contributed by atoms with E-state index in [1.165, 1.54) is 0 Å². The number of carbonyl (C=O) groups excluding carboxylic acids is 1. The number of hydrogen-bond acceptors (Lipinski definition) is 6. The first-order valence-corrected chi connectivity index (χ1v) is 9.76. The topological polar surface area (TPSA) is 60.8 Å². The third kappa shape index (κ3) is 3.87. The zero-order valence-electron chi connectivity index (χ0n) is 17.0. The zero-order chi connectivity index (χ0) is 20.9. The molecule has 0 amide bonds. The summed E-state index contributed by atoms with van der Waals surface area (Å²) in [5.41, 5.74) is 4.86. The average molecular weight is 397 g/mol. The van der Waals surface area contributed by atoms with Crippen LogP contribution in [0.25, 0.3) is 0 Å². The van der Waals surface area contributed by atoms with E-state index in [0.717, 1.165) is 22.5 Å². The molecule has 2 aromatic carbocycles. The number of hydrazone groups is 1. The van der Waals surface area contributed by atoms with Crippen molar-refractivity contribution in [3.05, 3.63) is 95.8 Å². The maximum Gasteiger partial charge on any atom is 0.141 e. The summed E-state index contributed by atoms with van der Waals surface area (Å²) in [6.07, 6.45) is 2.97. The number of anilines is 2. The van der Waals surface area contributed by atoms with Gasteiger partial charge in [-0.05, 0) is 29.8 Å². The molecule has 0 aliphatic carbocycles. The quantitative estimate of drug-likeness (QED) is 0.647. The average Bonchev–Trinajstić information content (AvgIpc) is 3.17. The summed E-state index contributed by atoms with van der Waals surface area (Å²) in [7, 11) is 3.98. The molecule has 1 atom stereocenters. The van der Waals surface area contributed by atoms with Crippen molar-refractivity contribution in [2.45, 2.75) is 12.7 Å². The van der Waals surface area contributed by atoms with Crippen LogP contribution in [0.15, 0.2) is 89.8 Å². The number of rotatable bonds is 6. The summed E-state index contributed by atoms with van der Waals surface area (Å²) in [6, 6.07) is 21.8. The number of hydrogen-bond donors (Lipinski definition) is 1. The van der Waals surface area contributed by atoms with Crippen molar-refractivity contribution in [1.29, 1.82) is 0 Å². The number of nitrogens with one attached hydrogen (secondary N) is 1. The summed E-state index contributed by atoms with van der Waals surface area (Å²) < 4.78 is 0. The van der Waals surface area contributed by atoms with Crippen LogP contribution in [0.2, 0.25) is 0 Å². The smallest absolute Gasteiger partial charge is 0.141 e. The van der Waals surface area contributed by atoms with Crippen LogP contribution >= 0.6 is 0 Å². The molecule has 2 heterocycles. The summed E-state index contributed by atoms with van der Waals surface area (Å²) >= 11 is 0. The summed E-state index contributed by atoms with van der Waals surface area (Å²) in [4.78, 5) is 18.3. The van der Waals surface area contributed by atoms with Crippen LogP contribution in [0.3, 0.4) is 0 Å². The predicted molar refractivity (Wildman–Crippen MR) is 120 cm³/mol. The van der Waals surface area contributed by atoms with E-state index in [2.05, 4.69) is 16.2 Å². The van der Waals surface area contributed by atoms with Crippen LogP contribution in [0.1, 0.15) is 11.1 Å². The Bertz CT molecular complexity index is 1090. The number of aromatic nitrogens is 1. The summed E-state index contributed by atoms with van der Waals surface area (Å²) in [6.45, 7) is 0.590. The lowest BCUT2D eigenvalue weighted by atomic mass is 10.0. The molecule has 150 valence electrons. The summed E-state index contributed by atoms with van der Waals surface area (Å²) in [5.74, 6) is 2.14. The van der Waals surface area contributed by atoms with Gasteiger partial charge in [0.25, 0.3) is 0 Å². The Morgan fingerprint density at radius 3 is 2.50 bits per heavy atom. The number of pyridine rings is 1. The second-order valence-corrected chi connectivity index (χ2v) is 7.20. The molecule has 6 heteroatoms. The van der Waals surface area contributed by atoms with E-state index >= 15 is 0 Å². The molecule has 1 unspecified atom stereocenters. The largest absolute Gasteiger partial charge is 0.376 e. The normalized spacial score (nSPS) is 15.7. The lowest BCUT2D eigenvalue weighted by molar-refractivity contribution is 0.550. The van der Waals surface area contributed by atoms with E-state index < -0.39 is 6.17 Å². The second-order valence-electron chi connectivity index (χ2n) is 7.20. The lowest BCUT2D eigenvalue weighted by Crippen LogP contribution is -2.42. The van der Waals surface area contributed by atoms with E-state index in [1.54, 1.807) is 12.4 Å². The van der Waals surface area contributed by atoms with E-state index in [4.69, 9.17) is 5.10 Å². The van der Waals surface area contributed by atoms with Crippen LogP contribution in [-0.2, 0) is 11.3 Å². The fourth-order valence-corrected chi connectivity index (χ4v) is 3.52. The van der Waals surface area contributed by atoms with Gasteiger partial charge in [-0.3, -0.25) is 10.3 Å². The zero-order valence-corrected chi connectivity index (χ0v) is 17.0. The number of benzene rings is 2. The van der Waals surface area contributed by atoms with Gasteiger partial charge in [0, 0.05) is 38.6 Å². The second kappa shape index (κ2) is 8.74. The van der Waals surface area contributed by atoms with Gasteiger partial charge in [0.05, 0.1) is 11.4 Å². The molecule has 0 bridgehead atoms. The molecule has 0 radical (unpaired) electrons. The fraction of sp³-hybridized carbons (Fsp3) is 0.167. The number of para-hydroxylation sites is 2. The van der Waals surface area contributed by atoms with Crippen molar-refractivity contribution >= 4 is 23.0 Å². The molecule has 1 aliphatic heterocycles. The Hall–Kier alpha value is -3.73. The highest BCUT2D eigenvalue weighted by Crippen LogP contribution is 2.34. The van der Waals surface area contributed by atoms with Gasteiger partial charge in [-0.2, -0.15) is 5.10 Å². The van der Waals surface area contributed by atoms with Crippen LogP contribution in [-0.4, -0.2) is 36.9 Å². The van der Waals surface area contributed by atoms with Gasteiger partial charge in [-0.25, -0.2) is 9.80 Å². The number of nitrogens with zero attached hydrogens (tertiary/aromatic N) is 4. The molecule has 1 aliphatic rings. The van der Waals surface area contributed by atoms with Gasteiger partial charge in [-0.1, -0.05) is 42.5 Å². The van der Waals surface area contributed by atoms with Gasteiger partial charge >= 0.3 is 0 Å². The first-order chi connectivity index (χ1) is 14.7. The highest BCUT2D eigenvalue weighted by atomic mass is 16.1.